The molecule has 10 heteroatoms. The summed E-state index contributed by atoms with van der Waals surface area (Å²) in [7, 11) is 0. The zero-order chi connectivity index (χ0) is 18.1. The second-order valence-corrected chi connectivity index (χ2v) is 6.26. The van der Waals surface area contributed by atoms with Crippen molar-refractivity contribution in [2.75, 3.05) is 13.1 Å². The van der Waals surface area contributed by atoms with E-state index in [0.29, 0.717) is 14.9 Å². The first-order chi connectivity index (χ1) is 11.0. The second-order valence-electron chi connectivity index (χ2n) is 5.35. The van der Waals surface area contributed by atoms with Gasteiger partial charge in [-0.1, -0.05) is 28.1 Å². The lowest BCUT2D eigenvalue weighted by atomic mass is 9.92. The molecular weight excluding hydrogens is 395 g/mol. The van der Waals surface area contributed by atoms with E-state index in [-0.39, 0.29) is 0 Å². The molecular formula is C14H13BrF3N3O3. The number of alkyl halides is 3. The summed E-state index contributed by atoms with van der Waals surface area (Å²) < 4.78 is 36.9. The van der Waals surface area contributed by atoms with Crippen molar-refractivity contribution < 1.29 is 27.6 Å². The van der Waals surface area contributed by atoms with E-state index in [0.717, 1.165) is 0 Å². The molecule has 130 valence electrons. The molecule has 1 atom stereocenters. The molecule has 4 amide bonds. The molecule has 0 aromatic heterocycles. The van der Waals surface area contributed by atoms with Crippen LogP contribution in [0, 0.1) is 0 Å². The largest absolute Gasteiger partial charge is 0.405 e. The van der Waals surface area contributed by atoms with Crippen molar-refractivity contribution in [1.29, 1.82) is 0 Å². The van der Waals surface area contributed by atoms with Crippen LogP contribution in [0.2, 0.25) is 0 Å². The maximum absolute atomic E-state index is 12.5. The van der Waals surface area contributed by atoms with Crippen LogP contribution in [0.3, 0.4) is 0 Å². The summed E-state index contributed by atoms with van der Waals surface area (Å²) in [6.45, 7) is -0.856. The minimum atomic E-state index is -4.57. The van der Waals surface area contributed by atoms with Crippen LogP contribution in [-0.4, -0.2) is 42.0 Å². The average molecular weight is 408 g/mol. The van der Waals surface area contributed by atoms with E-state index in [1.807, 2.05) is 0 Å². The van der Waals surface area contributed by atoms with Crippen LogP contribution in [-0.2, 0) is 15.1 Å². The SMILES string of the molecule is CC1(c2cccc(Br)c2)NC(=O)N(CC(=O)NCC(F)(F)F)C1=O. The summed E-state index contributed by atoms with van der Waals surface area (Å²) in [5, 5.41) is 4.09. The van der Waals surface area contributed by atoms with E-state index in [1.54, 1.807) is 29.6 Å². The zero-order valence-corrected chi connectivity index (χ0v) is 14.0. The molecule has 1 heterocycles. The Morgan fingerprint density at radius 1 is 1.38 bits per heavy atom. The number of carbonyl (C=O) groups excluding carboxylic acids is 3. The van der Waals surface area contributed by atoms with Crippen LogP contribution < -0.4 is 10.6 Å². The number of benzene rings is 1. The Kier molecular flexibility index (Phi) is 4.88. The lowest BCUT2D eigenvalue weighted by Gasteiger charge is -2.22. The lowest BCUT2D eigenvalue weighted by molar-refractivity contribution is -0.141. The van der Waals surface area contributed by atoms with Gasteiger partial charge in [0.1, 0.15) is 18.6 Å². The van der Waals surface area contributed by atoms with Crippen molar-refractivity contribution in [2.45, 2.75) is 18.6 Å². The van der Waals surface area contributed by atoms with E-state index in [2.05, 4.69) is 21.2 Å². The lowest BCUT2D eigenvalue weighted by Crippen LogP contribution is -2.44. The van der Waals surface area contributed by atoms with Gasteiger partial charge in [0, 0.05) is 4.47 Å². The number of amides is 4. The van der Waals surface area contributed by atoms with Gasteiger partial charge in [0.2, 0.25) is 5.91 Å². The number of hydrogen-bond donors (Lipinski definition) is 2. The summed E-state index contributed by atoms with van der Waals surface area (Å²) >= 11 is 3.25. The number of rotatable bonds is 4. The molecule has 0 radical (unpaired) electrons. The minimum absolute atomic E-state index is 0.480. The van der Waals surface area contributed by atoms with Crippen molar-refractivity contribution in [3.63, 3.8) is 0 Å². The van der Waals surface area contributed by atoms with Gasteiger partial charge < -0.3 is 10.6 Å². The van der Waals surface area contributed by atoms with Crippen LogP contribution >= 0.6 is 15.9 Å². The van der Waals surface area contributed by atoms with Gasteiger partial charge in [-0.3, -0.25) is 14.5 Å². The van der Waals surface area contributed by atoms with Crippen LogP contribution in [0.5, 0.6) is 0 Å². The monoisotopic (exact) mass is 407 g/mol. The predicted octanol–water partition coefficient (Wildman–Crippen LogP) is 1.89. The Labute approximate surface area is 143 Å². The molecule has 1 aliphatic heterocycles. The van der Waals surface area contributed by atoms with E-state index in [9.17, 15) is 27.6 Å². The van der Waals surface area contributed by atoms with Gasteiger partial charge in [0.15, 0.2) is 0 Å². The number of urea groups is 1. The number of carbonyl (C=O) groups is 3. The van der Waals surface area contributed by atoms with Crippen LogP contribution in [0.15, 0.2) is 28.7 Å². The fourth-order valence-electron chi connectivity index (χ4n) is 2.23. The molecule has 1 aliphatic rings. The Morgan fingerprint density at radius 2 is 2.04 bits per heavy atom. The smallest absolute Gasteiger partial charge is 0.345 e. The maximum atomic E-state index is 12.5. The fourth-order valence-corrected chi connectivity index (χ4v) is 2.63. The van der Waals surface area contributed by atoms with Crippen molar-refractivity contribution >= 4 is 33.8 Å². The van der Waals surface area contributed by atoms with E-state index >= 15 is 0 Å². The molecule has 1 unspecified atom stereocenters. The molecule has 6 nitrogen and oxygen atoms in total. The summed E-state index contributed by atoms with van der Waals surface area (Å²) in [5.74, 6) is -1.79. The first kappa shape index (κ1) is 18.2. The average Bonchev–Trinajstić information content (AvgIpc) is 2.69. The second kappa shape index (κ2) is 6.42. The predicted molar refractivity (Wildman–Crippen MR) is 80.8 cm³/mol. The molecule has 24 heavy (non-hydrogen) atoms. The first-order valence-corrected chi connectivity index (χ1v) is 7.56. The third-order valence-corrected chi connectivity index (χ3v) is 3.96. The van der Waals surface area contributed by atoms with Crippen molar-refractivity contribution in [3.8, 4) is 0 Å². The molecule has 0 bridgehead atoms. The zero-order valence-electron chi connectivity index (χ0n) is 12.4. The van der Waals surface area contributed by atoms with Gasteiger partial charge >= 0.3 is 12.2 Å². The summed E-state index contributed by atoms with van der Waals surface area (Å²) in [6.07, 6.45) is -4.57. The quantitative estimate of drug-likeness (QED) is 0.748. The Balaban J connectivity index is 2.13. The summed E-state index contributed by atoms with van der Waals surface area (Å²) in [5.41, 5.74) is -0.918. The maximum Gasteiger partial charge on any atom is 0.405 e. The van der Waals surface area contributed by atoms with Gasteiger partial charge in [-0.25, -0.2) is 4.79 Å². The van der Waals surface area contributed by atoms with E-state index in [1.165, 1.54) is 6.92 Å². The molecule has 0 saturated carbocycles. The molecule has 1 aromatic rings. The molecule has 0 aliphatic carbocycles. The third-order valence-electron chi connectivity index (χ3n) is 3.46. The highest BCUT2D eigenvalue weighted by Crippen LogP contribution is 2.30. The van der Waals surface area contributed by atoms with E-state index in [4.69, 9.17) is 0 Å². The standard InChI is InChI=1S/C14H13BrF3N3O3/c1-13(8-3-2-4-9(15)5-8)11(23)21(12(24)20-13)6-10(22)19-7-14(16,17)18/h2-5H,6-7H2,1H3,(H,19,22)(H,20,24). The van der Waals surface area contributed by atoms with Crippen LogP contribution in [0.4, 0.5) is 18.0 Å². The highest BCUT2D eigenvalue weighted by Gasteiger charge is 2.49. The molecule has 1 saturated heterocycles. The van der Waals surface area contributed by atoms with Gasteiger partial charge in [-0.05, 0) is 24.6 Å². The van der Waals surface area contributed by atoms with Crippen molar-refractivity contribution in [1.82, 2.24) is 15.5 Å². The molecule has 1 aromatic carbocycles. The number of imide groups is 1. The minimum Gasteiger partial charge on any atom is -0.345 e. The van der Waals surface area contributed by atoms with Gasteiger partial charge in [-0.2, -0.15) is 13.2 Å². The van der Waals surface area contributed by atoms with Crippen LogP contribution in [0.25, 0.3) is 0 Å². The normalized spacial score (nSPS) is 21.0. The molecule has 1 fully saturated rings. The van der Waals surface area contributed by atoms with Crippen molar-refractivity contribution in [3.05, 3.63) is 34.3 Å². The molecule has 2 N–H and O–H groups in total. The van der Waals surface area contributed by atoms with Gasteiger partial charge in [0.25, 0.3) is 5.91 Å². The van der Waals surface area contributed by atoms with E-state index < -0.39 is 42.7 Å². The first-order valence-electron chi connectivity index (χ1n) is 6.76. The Morgan fingerprint density at radius 3 is 2.62 bits per heavy atom. The number of hydrogen-bond acceptors (Lipinski definition) is 3. The Bertz CT molecular complexity index is 695. The number of nitrogens with zero attached hydrogens (tertiary/aromatic N) is 1. The number of nitrogens with one attached hydrogen (secondary N) is 2. The third kappa shape index (κ3) is 3.86. The highest BCUT2D eigenvalue weighted by molar-refractivity contribution is 9.10. The van der Waals surface area contributed by atoms with Gasteiger partial charge in [-0.15, -0.1) is 0 Å². The topological polar surface area (TPSA) is 78.5 Å². The summed E-state index contributed by atoms with van der Waals surface area (Å²) in [6, 6.07) is 5.81. The van der Waals surface area contributed by atoms with Crippen molar-refractivity contribution in [2.24, 2.45) is 0 Å². The number of halogens is 4. The summed E-state index contributed by atoms with van der Waals surface area (Å²) in [4.78, 5) is 36.6. The molecule has 0 spiro atoms. The molecule has 2 rings (SSSR count). The Hall–Kier alpha value is -2.10. The highest BCUT2D eigenvalue weighted by atomic mass is 79.9. The van der Waals surface area contributed by atoms with Crippen LogP contribution in [0.1, 0.15) is 12.5 Å². The van der Waals surface area contributed by atoms with Gasteiger partial charge in [0.05, 0.1) is 0 Å². The fraction of sp³-hybridized carbons (Fsp3) is 0.357.